The topological polar surface area (TPSA) is 78.9 Å². The standard InChI is InChI=1S/C19H18ClFN2O4/c1-12-2-4-16(5-3-12)23-7-6-19(26,17(23)24)27-18(25)22-11-13-8-14(20)10-15(21)9-13/h2-5,8-10,26H,6-7,11H2,1H3,(H,22,25)/t19-/m0/s1. The summed E-state index contributed by atoms with van der Waals surface area (Å²) in [5.74, 6) is -3.49. The van der Waals surface area contributed by atoms with Crippen LogP contribution in [0.5, 0.6) is 0 Å². The third kappa shape index (κ3) is 4.37. The van der Waals surface area contributed by atoms with Crippen molar-refractivity contribution in [2.24, 2.45) is 0 Å². The first-order valence-corrected chi connectivity index (χ1v) is 8.67. The lowest BCUT2D eigenvalue weighted by Crippen LogP contribution is -2.46. The maximum atomic E-state index is 13.3. The van der Waals surface area contributed by atoms with Crippen LogP contribution in [0.15, 0.2) is 42.5 Å². The van der Waals surface area contributed by atoms with Gasteiger partial charge in [-0.05, 0) is 42.8 Å². The van der Waals surface area contributed by atoms with Gasteiger partial charge in [-0.15, -0.1) is 0 Å². The van der Waals surface area contributed by atoms with E-state index in [0.717, 1.165) is 11.6 Å². The van der Waals surface area contributed by atoms with Crippen molar-refractivity contribution in [3.63, 3.8) is 0 Å². The number of alkyl carbamates (subject to hydrolysis) is 1. The normalized spacial score (nSPS) is 19.3. The first-order chi connectivity index (χ1) is 12.8. The van der Waals surface area contributed by atoms with E-state index in [9.17, 15) is 19.1 Å². The minimum atomic E-state index is -2.24. The lowest BCUT2D eigenvalue weighted by Gasteiger charge is -2.22. The number of carbonyl (C=O) groups is 2. The summed E-state index contributed by atoms with van der Waals surface area (Å²) in [6.45, 7) is 2.07. The van der Waals surface area contributed by atoms with Crippen LogP contribution >= 0.6 is 11.6 Å². The van der Waals surface area contributed by atoms with Crippen LogP contribution in [0.25, 0.3) is 0 Å². The Bertz CT molecular complexity index is 854. The Morgan fingerprint density at radius 3 is 2.70 bits per heavy atom. The molecule has 1 heterocycles. The SMILES string of the molecule is Cc1ccc(N2CC[C@](O)(OC(=O)NCc3cc(F)cc(Cl)c3)C2=O)cc1. The van der Waals surface area contributed by atoms with Crippen molar-refractivity contribution in [1.82, 2.24) is 5.32 Å². The second-order valence-electron chi connectivity index (χ2n) is 6.35. The number of aryl methyl sites for hydroxylation is 1. The highest BCUT2D eigenvalue weighted by atomic mass is 35.5. The first kappa shape index (κ1) is 19.1. The Morgan fingerprint density at radius 1 is 1.33 bits per heavy atom. The van der Waals surface area contributed by atoms with Gasteiger partial charge < -0.3 is 20.1 Å². The average Bonchev–Trinajstić information content (AvgIpc) is 2.88. The number of hydrogen-bond donors (Lipinski definition) is 2. The Kier molecular flexibility index (Phi) is 5.34. The van der Waals surface area contributed by atoms with Crippen molar-refractivity contribution in [2.45, 2.75) is 25.7 Å². The second kappa shape index (κ2) is 7.54. The molecule has 0 saturated carbocycles. The highest BCUT2D eigenvalue weighted by molar-refractivity contribution is 6.30. The van der Waals surface area contributed by atoms with Crippen molar-refractivity contribution in [2.75, 3.05) is 11.4 Å². The molecule has 1 atom stereocenters. The summed E-state index contributed by atoms with van der Waals surface area (Å²) >= 11 is 5.75. The molecule has 2 aromatic carbocycles. The van der Waals surface area contributed by atoms with E-state index >= 15 is 0 Å². The number of benzene rings is 2. The zero-order valence-electron chi connectivity index (χ0n) is 14.5. The van der Waals surface area contributed by atoms with Gasteiger partial charge in [0.05, 0.1) is 0 Å². The van der Waals surface area contributed by atoms with E-state index in [-0.39, 0.29) is 24.5 Å². The molecule has 0 aliphatic carbocycles. The third-order valence-corrected chi connectivity index (χ3v) is 4.44. The number of anilines is 1. The van der Waals surface area contributed by atoms with Crippen LogP contribution in [0.1, 0.15) is 17.5 Å². The van der Waals surface area contributed by atoms with Gasteiger partial charge in [-0.3, -0.25) is 4.79 Å². The molecule has 1 fully saturated rings. The minimum absolute atomic E-state index is 0.0566. The van der Waals surface area contributed by atoms with Crippen molar-refractivity contribution >= 4 is 29.3 Å². The summed E-state index contributed by atoms with van der Waals surface area (Å²) < 4.78 is 18.3. The number of nitrogens with one attached hydrogen (secondary N) is 1. The third-order valence-electron chi connectivity index (χ3n) is 4.22. The summed E-state index contributed by atoms with van der Waals surface area (Å²) in [4.78, 5) is 25.9. The summed E-state index contributed by atoms with van der Waals surface area (Å²) in [6, 6.07) is 11.0. The molecular formula is C19H18ClFN2O4. The van der Waals surface area contributed by atoms with Crippen molar-refractivity contribution < 1.29 is 23.8 Å². The molecule has 142 valence electrons. The van der Waals surface area contributed by atoms with Gasteiger partial charge in [0.1, 0.15) is 5.82 Å². The molecule has 3 rings (SSSR count). The number of amides is 2. The fourth-order valence-electron chi connectivity index (χ4n) is 2.83. The fourth-order valence-corrected chi connectivity index (χ4v) is 3.07. The van der Waals surface area contributed by atoms with Gasteiger partial charge in [-0.1, -0.05) is 29.3 Å². The van der Waals surface area contributed by atoms with Gasteiger partial charge >= 0.3 is 6.09 Å². The predicted octanol–water partition coefficient (Wildman–Crippen LogP) is 3.14. The van der Waals surface area contributed by atoms with Crippen LogP contribution in [-0.4, -0.2) is 29.4 Å². The van der Waals surface area contributed by atoms with Crippen molar-refractivity contribution in [3.05, 3.63) is 64.4 Å². The largest absolute Gasteiger partial charge is 0.410 e. The van der Waals surface area contributed by atoms with Gasteiger partial charge in [0.15, 0.2) is 0 Å². The summed E-state index contributed by atoms with van der Waals surface area (Å²) in [6.07, 6.45) is -1.05. The molecule has 8 heteroatoms. The molecular weight excluding hydrogens is 375 g/mol. The molecule has 0 unspecified atom stereocenters. The Morgan fingerprint density at radius 2 is 2.04 bits per heavy atom. The number of ether oxygens (including phenoxy) is 1. The molecule has 1 aliphatic rings. The quantitative estimate of drug-likeness (QED) is 0.783. The molecule has 2 N–H and O–H groups in total. The Labute approximate surface area is 160 Å². The minimum Gasteiger partial charge on any atom is -0.407 e. The molecule has 2 amide bonds. The summed E-state index contributed by atoms with van der Waals surface area (Å²) in [5, 5.41) is 13.0. The van der Waals surface area contributed by atoms with E-state index < -0.39 is 23.6 Å². The maximum absolute atomic E-state index is 13.3. The zero-order chi connectivity index (χ0) is 19.6. The highest BCUT2D eigenvalue weighted by Crippen LogP contribution is 2.29. The highest BCUT2D eigenvalue weighted by Gasteiger charge is 2.49. The van der Waals surface area contributed by atoms with E-state index in [4.69, 9.17) is 16.3 Å². The van der Waals surface area contributed by atoms with E-state index in [2.05, 4.69) is 5.32 Å². The van der Waals surface area contributed by atoms with E-state index in [0.29, 0.717) is 11.3 Å². The Balaban J connectivity index is 1.61. The maximum Gasteiger partial charge on any atom is 0.410 e. The number of rotatable bonds is 4. The van der Waals surface area contributed by atoms with E-state index in [1.807, 2.05) is 19.1 Å². The van der Waals surface area contributed by atoms with Crippen LogP contribution in [0.2, 0.25) is 5.02 Å². The predicted molar refractivity (Wildman–Crippen MR) is 97.8 cm³/mol. The molecule has 0 bridgehead atoms. The van der Waals surface area contributed by atoms with Crippen LogP contribution in [0.3, 0.4) is 0 Å². The van der Waals surface area contributed by atoms with E-state index in [1.54, 1.807) is 12.1 Å². The van der Waals surface area contributed by atoms with Gasteiger partial charge in [-0.2, -0.15) is 0 Å². The van der Waals surface area contributed by atoms with Gasteiger partial charge in [0.2, 0.25) is 0 Å². The zero-order valence-corrected chi connectivity index (χ0v) is 15.3. The van der Waals surface area contributed by atoms with E-state index in [1.165, 1.54) is 17.0 Å². The van der Waals surface area contributed by atoms with Gasteiger partial charge in [0.25, 0.3) is 11.7 Å². The lowest BCUT2D eigenvalue weighted by atomic mass is 10.2. The molecule has 1 aliphatic heterocycles. The van der Waals surface area contributed by atoms with Gasteiger partial charge in [-0.25, -0.2) is 9.18 Å². The van der Waals surface area contributed by atoms with Crippen LogP contribution in [0.4, 0.5) is 14.9 Å². The number of nitrogens with zero attached hydrogens (tertiary/aromatic N) is 1. The monoisotopic (exact) mass is 392 g/mol. The number of carbonyl (C=O) groups excluding carboxylic acids is 2. The Hall–Kier alpha value is -2.64. The molecule has 6 nitrogen and oxygen atoms in total. The first-order valence-electron chi connectivity index (χ1n) is 8.30. The van der Waals surface area contributed by atoms with Crippen molar-refractivity contribution in [3.8, 4) is 0 Å². The molecule has 1 saturated heterocycles. The van der Waals surface area contributed by atoms with Gasteiger partial charge in [0, 0.05) is 30.2 Å². The number of hydrogen-bond acceptors (Lipinski definition) is 4. The molecule has 2 aromatic rings. The fraction of sp³-hybridized carbons (Fsp3) is 0.263. The number of aliphatic hydroxyl groups is 1. The molecule has 0 radical (unpaired) electrons. The molecule has 0 aromatic heterocycles. The van der Waals surface area contributed by atoms with Crippen LogP contribution in [-0.2, 0) is 16.1 Å². The lowest BCUT2D eigenvalue weighted by molar-refractivity contribution is -0.175. The molecule has 0 spiro atoms. The number of halogens is 2. The van der Waals surface area contributed by atoms with Crippen LogP contribution < -0.4 is 10.2 Å². The van der Waals surface area contributed by atoms with Crippen LogP contribution in [0, 0.1) is 12.7 Å². The molecule has 27 heavy (non-hydrogen) atoms. The average molecular weight is 393 g/mol. The van der Waals surface area contributed by atoms with Crippen molar-refractivity contribution in [1.29, 1.82) is 0 Å². The second-order valence-corrected chi connectivity index (χ2v) is 6.78. The summed E-state index contributed by atoms with van der Waals surface area (Å²) in [7, 11) is 0. The smallest absolute Gasteiger partial charge is 0.407 e. The summed E-state index contributed by atoms with van der Waals surface area (Å²) in [5.41, 5.74) is 2.07.